The number of carbonyl (C=O) groups is 2. The second-order valence-electron chi connectivity index (χ2n) is 5.07. The third kappa shape index (κ3) is 4.30. The number of allylic oxidation sites excluding steroid dienone is 1. The van der Waals surface area contributed by atoms with E-state index in [0.29, 0.717) is 12.0 Å². The summed E-state index contributed by atoms with van der Waals surface area (Å²) < 4.78 is 0. The first-order valence-corrected chi connectivity index (χ1v) is 7.34. The molecule has 1 atom stereocenters. The molecule has 0 aliphatic heterocycles. The minimum Gasteiger partial charge on any atom is -0.333 e. The largest absolute Gasteiger partial charge is 0.363 e. The van der Waals surface area contributed by atoms with Crippen LogP contribution in [0.1, 0.15) is 28.3 Å². The summed E-state index contributed by atoms with van der Waals surface area (Å²) >= 11 is 0. The fourth-order valence-corrected chi connectivity index (χ4v) is 2.25. The third-order valence-corrected chi connectivity index (χ3v) is 3.44. The molecule has 2 aromatic rings. The normalized spacial score (nSPS) is 11.3. The lowest BCUT2D eigenvalue weighted by Crippen LogP contribution is -2.34. The van der Waals surface area contributed by atoms with Crippen LogP contribution in [0, 0.1) is 0 Å². The van der Waals surface area contributed by atoms with Gasteiger partial charge in [0.1, 0.15) is 0 Å². The summed E-state index contributed by atoms with van der Waals surface area (Å²) in [6.07, 6.45) is 2.15. The van der Waals surface area contributed by atoms with Gasteiger partial charge in [0.15, 0.2) is 0 Å². The number of likely N-dealkylation sites (N-methyl/N-ethyl adjacent to an activating group) is 1. The van der Waals surface area contributed by atoms with E-state index in [1.807, 2.05) is 30.3 Å². The van der Waals surface area contributed by atoms with Crippen LogP contribution in [0.15, 0.2) is 73.3 Å². The van der Waals surface area contributed by atoms with Crippen molar-refractivity contribution in [2.45, 2.75) is 12.3 Å². The van der Waals surface area contributed by atoms with Crippen molar-refractivity contribution in [3.05, 3.63) is 84.4 Å². The van der Waals surface area contributed by atoms with Crippen LogP contribution in [0.2, 0.25) is 0 Å². The zero-order valence-corrected chi connectivity index (χ0v) is 13.0. The van der Waals surface area contributed by atoms with E-state index in [2.05, 4.69) is 6.58 Å². The molecular weight excluding hydrogens is 290 g/mol. The Kier molecular flexibility index (Phi) is 5.69. The van der Waals surface area contributed by atoms with Gasteiger partial charge in [-0.3, -0.25) is 4.79 Å². The zero-order chi connectivity index (χ0) is 16.7. The van der Waals surface area contributed by atoms with Crippen molar-refractivity contribution >= 4 is 11.9 Å². The molecule has 2 rings (SSSR count). The van der Waals surface area contributed by atoms with Gasteiger partial charge in [0.2, 0.25) is 0 Å². The van der Waals surface area contributed by atoms with Gasteiger partial charge in [-0.05, 0) is 24.1 Å². The molecule has 1 amide bonds. The highest BCUT2D eigenvalue weighted by Crippen LogP contribution is 2.22. The first-order chi connectivity index (χ1) is 11.1. The first-order valence-electron chi connectivity index (χ1n) is 7.34. The van der Waals surface area contributed by atoms with E-state index in [9.17, 15) is 9.59 Å². The van der Waals surface area contributed by atoms with Gasteiger partial charge in [-0.2, -0.15) is 5.06 Å². The summed E-state index contributed by atoms with van der Waals surface area (Å²) in [6.45, 7) is 3.70. The Morgan fingerprint density at radius 3 is 2.22 bits per heavy atom. The molecule has 23 heavy (non-hydrogen) atoms. The van der Waals surface area contributed by atoms with E-state index in [1.54, 1.807) is 36.4 Å². The number of benzene rings is 2. The van der Waals surface area contributed by atoms with Gasteiger partial charge in [0.05, 0.1) is 11.5 Å². The van der Waals surface area contributed by atoms with Gasteiger partial charge < -0.3 is 4.84 Å². The third-order valence-electron chi connectivity index (χ3n) is 3.44. The van der Waals surface area contributed by atoms with Crippen molar-refractivity contribution in [3.8, 4) is 0 Å². The van der Waals surface area contributed by atoms with Crippen molar-refractivity contribution < 1.29 is 14.4 Å². The second-order valence-corrected chi connectivity index (χ2v) is 5.07. The number of hydrogen-bond acceptors (Lipinski definition) is 3. The van der Waals surface area contributed by atoms with E-state index >= 15 is 0 Å². The van der Waals surface area contributed by atoms with E-state index < -0.39 is 11.9 Å². The number of hydrogen-bond donors (Lipinski definition) is 0. The summed E-state index contributed by atoms with van der Waals surface area (Å²) in [5.74, 6) is -1.28. The van der Waals surface area contributed by atoms with Crippen molar-refractivity contribution in [2.75, 3.05) is 7.05 Å². The minimum absolute atomic E-state index is 0.291. The van der Waals surface area contributed by atoms with Crippen LogP contribution in [-0.4, -0.2) is 24.0 Å². The van der Waals surface area contributed by atoms with Gasteiger partial charge in [-0.1, -0.05) is 54.6 Å². The molecule has 0 radical (unpaired) electrons. The molecule has 0 heterocycles. The monoisotopic (exact) mass is 309 g/mol. The molecule has 4 heteroatoms. The average Bonchev–Trinajstić information content (AvgIpc) is 2.60. The summed E-state index contributed by atoms with van der Waals surface area (Å²) in [5, 5.41) is 0.997. The van der Waals surface area contributed by atoms with Crippen LogP contribution in [-0.2, 0) is 9.63 Å². The SMILES string of the molecule is C=CCC(C(=O)N(C)OC(=O)c1ccccc1)c1ccccc1. The van der Waals surface area contributed by atoms with Gasteiger partial charge in [-0.25, -0.2) is 4.79 Å². The fraction of sp³-hybridized carbons (Fsp3) is 0.158. The summed E-state index contributed by atoms with van der Waals surface area (Å²) in [6, 6.07) is 17.9. The molecule has 0 N–H and O–H groups in total. The molecule has 0 bridgehead atoms. The summed E-state index contributed by atoms with van der Waals surface area (Å²) in [5.41, 5.74) is 1.26. The molecule has 0 aromatic heterocycles. The van der Waals surface area contributed by atoms with E-state index in [-0.39, 0.29) is 5.91 Å². The van der Waals surface area contributed by atoms with Crippen LogP contribution >= 0.6 is 0 Å². The quantitative estimate of drug-likeness (QED) is 0.626. The smallest absolute Gasteiger partial charge is 0.333 e. The molecule has 1 unspecified atom stereocenters. The zero-order valence-electron chi connectivity index (χ0n) is 13.0. The van der Waals surface area contributed by atoms with Crippen LogP contribution < -0.4 is 0 Å². The Morgan fingerprint density at radius 2 is 1.65 bits per heavy atom. The van der Waals surface area contributed by atoms with Crippen LogP contribution in [0.25, 0.3) is 0 Å². The van der Waals surface area contributed by atoms with Gasteiger partial charge in [0, 0.05) is 7.05 Å². The van der Waals surface area contributed by atoms with Gasteiger partial charge in [0.25, 0.3) is 5.91 Å². The highest BCUT2D eigenvalue weighted by atomic mass is 16.7. The highest BCUT2D eigenvalue weighted by Gasteiger charge is 2.25. The van der Waals surface area contributed by atoms with E-state index in [1.165, 1.54) is 7.05 Å². The topological polar surface area (TPSA) is 46.6 Å². The Bertz CT molecular complexity index is 668. The van der Waals surface area contributed by atoms with E-state index in [4.69, 9.17) is 4.84 Å². The summed E-state index contributed by atoms with van der Waals surface area (Å²) in [4.78, 5) is 29.8. The Hall–Kier alpha value is -2.88. The van der Waals surface area contributed by atoms with Crippen LogP contribution in [0.3, 0.4) is 0 Å². The van der Waals surface area contributed by atoms with Crippen LogP contribution in [0.4, 0.5) is 0 Å². The minimum atomic E-state index is -0.563. The molecule has 0 saturated heterocycles. The van der Waals surface area contributed by atoms with Gasteiger partial charge >= 0.3 is 5.97 Å². The van der Waals surface area contributed by atoms with Crippen molar-refractivity contribution in [1.82, 2.24) is 5.06 Å². The second kappa shape index (κ2) is 7.94. The number of nitrogens with zero attached hydrogens (tertiary/aromatic N) is 1. The Morgan fingerprint density at radius 1 is 1.09 bits per heavy atom. The average molecular weight is 309 g/mol. The lowest BCUT2D eigenvalue weighted by molar-refractivity contribution is -0.163. The fourth-order valence-electron chi connectivity index (χ4n) is 2.25. The Labute approximate surface area is 136 Å². The molecule has 118 valence electrons. The predicted octanol–water partition coefficient (Wildman–Crippen LogP) is 3.58. The molecule has 4 nitrogen and oxygen atoms in total. The summed E-state index contributed by atoms with van der Waals surface area (Å²) in [7, 11) is 1.45. The molecule has 0 aliphatic rings. The molecule has 2 aromatic carbocycles. The van der Waals surface area contributed by atoms with Crippen molar-refractivity contribution in [3.63, 3.8) is 0 Å². The highest BCUT2D eigenvalue weighted by molar-refractivity contribution is 5.91. The molecule has 0 saturated carbocycles. The standard InChI is InChI=1S/C19H19NO3/c1-3-10-17(15-11-6-4-7-12-15)18(21)20(2)23-19(22)16-13-8-5-9-14-16/h3-9,11-14,17H,1,10H2,2H3. The number of amides is 1. The predicted molar refractivity (Wildman–Crippen MR) is 88.6 cm³/mol. The molecule has 0 spiro atoms. The molecular formula is C19H19NO3. The number of hydroxylamine groups is 2. The van der Waals surface area contributed by atoms with Gasteiger partial charge in [-0.15, -0.1) is 6.58 Å². The maximum Gasteiger partial charge on any atom is 0.363 e. The Balaban J connectivity index is 2.10. The molecule has 0 aliphatic carbocycles. The van der Waals surface area contributed by atoms with E-state index in [0.717, 1.165) is 10.6 Å². The number of carbonyl (C=O) groups excluding carboxylic acids is 2. The lowest BCUT2D eigenvalue weighted by Gasteiger charge is -2.22. The van der Waals surface area contributed by atoms with Crippen LogP contribution in [0.5, 0.6) is 0 Å². The molecule has 0 fully saturated rings. The maximum atomic E-state index is 12.6. The lowest BCUT2D eigenvalue weighted by atomic mass is 9.95. The first kappa shape index (κ1) is 16.5. The number of rotatable bonds is 5. The maximum absolute atomic E-state index is 12.6. The van der Waals surface area contributed by atoms with Crippen molar-refractivity contribution in [2.24, 2.45) is 0 Å². The van der Waals surface area contributed by atoms with Crippen molar-refractivity contribution in [1.29, 1.82) is 0 Å².